The molecule has 3 aromatic heterocycles. The zero-order valence-electron chi connectivity index (χ0n) is 31.0. The van der Waals surface area contributed by atoms with Gasteiger partial charge in [-0.1, -0.05) is 31.0 Å². The van der Waals surface area contributed by atoms with Crippen LogP contribution in [-0.2, 0) is 27.3 Å². The molecule has 3 fully saturated rings. The molecule has 1 aliphatic carbocycles. The normalized spacial score (nSPS) is 18.9. The van der Waals surface area contributed by atoms with Crippen LogP contribution in [0.15, 0.2) is 47.5 Å². The van der Waals surface area contributed by atoms with Crippen LogP contribution in [0.3, 0.4) is 0 Å². The highest BCUT2D eigenvalue weighted by Crippen LogP contribution is 2.33. The molecule has 4 aromatic rings. The van der Waals surface area contributed by atoms with Crippen molar-refractivity contribution < 1.29 is 24.0 Å². The number of piperazine rings is 1. The Bertz CT molecular complexity index is 2290. The Kier molecular flexibility index (Phi) is 9.61. The number of ketones is 1. The van der Waals surface area contributed by atoms with Gasteiger partial charge in [0, 0.05) is 68.8 Å². The molecule has 2 saturated heterocycles. The third-order valence-electron chi connectivity index (χ3n) is 11.5. The molecule has 4 aliphatic rings. The molecule has 1 atom stereocenters. The van der Waals surface area contributed by atoms with Crippen LogP contribution in [0.4, 0.5) is 17.5 Å². The molecule has 1 saturated carbocycles. The number of hydrogen-bond acceptors (Lipinski definition) is 11. The molecule has 8 rings (SSSR count). The van der Waals surface area contributed by atoms with Crippen molar-refractivity contribution in [1.82, 2.24) is 34.6 Å². The van der Waals surface area contributed by atoms with E-state index >= 15 is 0 Å². The van der Waals surface area contributed by atoms with Gasteiger partial charge >= 0.3 is 0 Å². The molecular formula is C40H43N9O6. The van der Waals surface area contributed by atoms with E-state index in [2.05, 4.69) is 25.5 Å². The van der Waals surface area contributed by atoms with Crippen LogP contribution in [0.1, 0.15) is 95.3 Å². The zero-order valence-corrected chi connectivity index (χ0v) is 31.0. The van der Waals surface area contributed by atoms with Crippen molar-refractivity contribution in [3.63, 3.8) is 0 Å². The van der Waals surface area contributed by atoms with E-state index in [9.17, 15) is 28.8 Å². The highest BCUT2D eigenvalue weighted by molar-refractivity contribution is 6.06. The van der Waals surface area contributed by atoms with E-state index in [1.165, 1.54) is 11.8 Å². The number of amides is 4. The number of carbonyl (C=O) groups excluding carboxylic acids is 5. The van der Waals surface area contributed by atoms with Crippen LogP contribution in [0, 0.1) is 6.92 Å². The van der Waals surface area contributed by atoms with Gasteiger partial charge in [0.25, 0.3) is 11.5 Å². The summed E-state index contributed by atoms with van der Waals surface area (Å²) >= 11 is 0. The monoisotopic (exact) mass is 745 g/mol. The SMILES string of the molecule is CC(=O)c1c(C)c2cnc(Nc3ccc(N4CCN(C(=O)CCc5cccc6c5C(=O)N([C@@H]5CCC(=O)NC5=O)C6)CC4)cn3)nc2n(C2CCCC2)c1=O. The summed E-state index contributed by atoms with van der Waals surface area (Å²) in [5.74, 6) is -0.400. The number of Topliss-reactive ketones (excluding diaryl/α,β-unsaturated/α-hetero) is 1. The van der Waals surface area contributed by atoms with Gasteiger partial charge < -0.3 is 20.0 Å². The number of hydrogen-bond donors (Lipinski definition) is 2. The maximum absolute atomic E-state index is 13.6. The second-order valence-electron chi connectivity index (χ2n) is 14.8. The van der Waals surface area contributed by atoms with E-state index in [4.69, 9.17) is 4.98 Å². The summed E-state index contributed by atoms with van der Waals surface area (Å²) in [6.07, 6.45) is 8.37. The predicted octanol–water partition coefficient (Wildman–Crippen LogP) is 3.60. The quantitative estimate of drug-likeness (QED) is 0.189. The van der Waals surface area contributed by atoms with Crippen LogP contribution < -0.4 is 21.1 Å². The zero-order chi connectivity index (χ0) is 38.4. The van der Waals surface area contributed by atoms with Gasteiger partial charge in [0.15, 0.2) is 5.78 Å². The van der Waals surface area contributed by atoms with Gasteiger partial charge in [-0.15, -0.1) is 0 Å². The molecule has 1 aromatic carbocycles. The van der Waals surface area contributed by atoms with Crippen molar-refractivity contribution in [2.45, 2.75) is 83.8 Å². The number of imide groups is 1. The Balaban J connectivity index is 0.878. The Morgan fingerprint density at radius 2 is 1.73 bits per heavy atom. The van der Waals surface area contributed by atoms with Crippen LogP contribution in [0.5, 0.6) is 0 Å². The summed E-state index contributed by atoms with van der Waals surface area (Å²) in [5.41, 5.74) is 4.10. The van der Waals surface area contributed by atoms with Gasteiger partial charge in [0.1, 0.15) is 17.5 Å². The predicted molar refractivity (Wildman–Crippen MR) is 203 cm³/mol. The molecule has 15 heteroatoms. The Morgan fingerprint density at radius 3 is 2.44 bits per heavy atom. The largest absolute Gasteiger partial charge is 0.367 e. The lowest BCUT2D eigenvalue weighted by molar-refractivity contribution is -0.137. The molecule has 55 heavy (non-hydrogen) atoms. The van der Waals surface area contributed by atoms with Crippen molar-refractivity contribution in [3.8, 4) is 0 Å². The summed E-state index contributed by atoms with van der Waals surface area (Å²) in [5, 5.41) is 6.19. The average Bonchev–Trinajstić information content (AvgIpc) is 3.82. The Hall–Kier alpha value is -5.99. The smallest absolute Gasteiger partial charge is 0.263 e. The summed E-state index contributed by atoms with van der Waals surface area (Å²) in [4.78, 5) is 96.3. The van der Waals surface area contributed by atoms with Crippen LogP contribution in [0.25, 0.3) is 11.0 Å². The number of piperidine rings is 1. The van der Waals surface area contributed by atoms with Crippen LogP contribution in [-0.4, -0.2) is 91.0 Å². The first-order valence-corrected chi connectivity index (χ1v) is 19.0. The first-order valence-electron chi connectivity index (χ1n) is 19.0. The number of fused-ring (bicyclic) bond motifs is 2. The van der Waals surface area contributed by atoms with Crippen LogP contribution in [0.2, 0.25) is 0 Å². The van der Waals surface area contributed by atoms with E-state index in [1.54, 1.807) is 23.9 Å². The fourth-order valence-electron chi connectivity index (χ4n) is 8.58. The number of aryl methyl sites for hydroxylation is 2. The molecule has 0 radical (unpaired) electrons. The first-order chi connectivity index (χ1) is 26.6. The van der Waals surface area contributed by atoms with Crippen molar-refractivity contribution in [3.05, 3.63) is 80.9 Å². The molecule has 15 nitrogen and oxygen atoms in total. The van der Waals surface area contributed by atoms with E-state index in [-0.39, 0.29) is 53.5 Å². The summed E-state index contributed by atoms with van der Waals surface area (Å²) in [7, 11) is 0. The minimum Gasteiger partial charge on any atom is -0.367 e. The van der Waals surface area contributed by atoms with Crippen molar-refractivity contribution in [2.75, 3.05) is 36.4 Å². The number of benzene rings is 1. The van der Waals surface area contributed by atoms with Crippen LogP contribution >= 0.6 is 0 Å². The molecule has 3 aliphatic heterocycles. The van der Waals surface area contributed by atoms with Crippen molar-refractivity contribution in [1.29, 1.82) is 0 Å². The molecular weight excluding hydrogens is 702 g/mol. The van der Waals surface area contributed by atoms with Gasteiger partial charge in [0.05, 0.1) is 17.4 Å². The van der Waals surface area contributed by atoms with Gasteiger partial charge in [-0.25, -0.2) is 9.97 Å². The lowest BCUT2D eigenvalue weighted by Gasteiger charge is -2.36. The number of aromatic nitrogens is 4. The van der Waals surface area contributed by atoms with E-state index in [0.29, 0.717) is 79.5 Å². The highest BCUT2D eigenvalue weighted by atomic mass is 16.2. The summed E-state index contributed by atoms with van der Waals surface area (Å²) < 4.78 is 1.69. The summed E-state index contributed by atoms with van der Waals surface area (Å²) in [6.45, 7) is 5.86. The Labute approximate surface area is 317 Å². The molecule has 6 heterocycles. The number of nitrogens with one attached hydrogen (secondary N) is 2. The maximum atomic E-state index is 13.6. The number of pyridine rings is 2. The average molecular weight is 746 g/mol. The van der Waals surface area contributed by atoms with Crippen molar-refractivity contribution in [2.24, 2.45) is 0 Å². The molecule has 0 bridgehead atoms. The maximum Gasteiger partial charge on any atom is 0.263 e. The molecule has 0 spiro atoms. The first kappa shape index (κ1) is 36.0. The minimum atomic E-state index is -0.680. The second kappa shape index (κ2) is 14.7. The third kappa shape index (κ3) is 6.83. The molecule has 284 valence electrons. The Morgan fingerprint density at radius 1 is 0.945 bits per heavy atom. The van der Waals surface area contributed by atoms with Gasteiger partial charge in [-0.2, -0.15) is 4.98 Å². The molecule has 2 N–H and O–H groups in total. The molecule has 0 unspecified atom stereocenters. The highest BCUT2D eigenvalue weighted by Gasteiger charge is 2.40. The van der Waals surface area contributed by atoms with E-state index < -0.39 is 11.9 Å². The molecule has 4 amide bonds. The third-order valence-corrected chi connectivity index (χ3v) is 11.5. The van der Waals surface area contributed by atoms with Gasteiger partial charge in [0.2, 0.25) is 23.7 Å². The number of carbonyl (C=O) groups is 5. The lowest BCUT2D eigenvalue weighted by atomic mass is 9.99. The van der Waals surface area contributed by atoms with E-state index in [0.717, 1.165) is 42.5 Å². The van der Waals surface area contributed by atoms with Gasteiger partial charge in [-0.05, 0) is 68.4 Å². The minimum absolute atomic E-state index is 0.0141. The van der Waals surface area contributed by atoms with Gasteiger partial charge in [-0.3, -0.25) is 38.7 Å². The number of anilines is 3. The fourth-order valence-corrected chi connectivity index (χ4v) is 8.58. The summed E-state index contributed by atoms with van der Waals surface area (Å²) in [6, 6.07) is 8.73. The fraction of sp³-hybridized carbons (Fsp3) is 0.425. The lowest BCUT2D eigenvalue weighted by Crippen LogP contribution is -2.52. The second-order valence-corrected chi connectivity index (χ2v) is 14.8. The topological polar surface area (TPSA) is 180 Å². The standard InChI is InChI=1S/C40H43N9O6/c1-23-29-21-42-40(45-36(29)49(27-8-3-4-9-27)39(55)34(23)24(2)50)43-31-13-11-28(20-41-31)46-16-18-47(19-17-46)33(52)15-10-25-6-5-7-26-22-48(38(54)35(25)26)30-12-14-32(51)44-37(30)53/h5-7,11,13,20-21,27,30H,3-4,8-10,12,14-19,22H2,1-2H3,(H,44,51,53)(H,41,42,43,45)/t30-/m1/s1. The number of rotatable bonds is 9. The van der Waals surface area contributed by atoms with Crippen molar-refractivity contribution >= 4 is 57.9 Å². The number of nitrogens with zero attached hydrogens (tertiary/aromatic N) is 7. The van der Waals surface area contributed by atoms with E-state index in [1.807, 2.05) is 35.2 Å².